The van der Waals surface area contributed by atoms with Gasteiger partial charge in [0.1, 0.15) is 0 Å². The molecule has 2 heterocycles. The number of tetrazole rings is 1. The summed E-state index contributed by atoms with van der Waals surface area (Å²) in [6.07, 6.45) is 3.44. The molecule has 1 aromatic carbocycles. The van der Waals surface area contributed by atoms with Crippen LogP contribution in [0.25, 0.3) is 5.69 Å². The molecular formula is C17H23N5OS. The SMILES string of the molecule is CC(C)c1ccc(-n2nnnc2SCC(=O)N2CCCCC2)cc1. The summed E-state index contributed by atoms with van der Waals surface area (Å²) in [6, 6.07) is 8.22. The van der Waals surface area contributed by atoms with E-state index in [9.17, 15) is 4.79 Å². The molecule has 1 fully saturated rings. The van der Waals surface area contributed by atoms with Gasteiger partial charge in [0.25, 0.3) is 0 Å². The minimum Gasteiger partial charge on any atom is -0.342 e. The van der Waals surface area contributed by atoms with Gasteiger partial charge in [-0.15, -0.1) is 5.10 Å². The van der Waals surface area contributed by atoms with Crippen LogP contribution >= 0.6 is 11.8 Å². The van der Waals surface area contributed by atoms with Crippen molar-refractivity contribution in [3.8, 4) is 5.69 Å². The first-order valence-corrected chi connectivity index (χ1v) is 9.43. The molecule has 2 aromatic rings. The molecule has 24 heavy (non-hydrogen) atoms. The molecule has 0 radical (unpaired) electrons. The Balaban J connectivity index is 1.65. The van der Waals surface area contributed by atoms with Crippen molar-refractivity contribution in [3.63, 3.8) is 0 Å². The van der Waals surface area contributed by atoms with Crippen LogP contribution in [-0.2, 0) is 4.79 Å². The van der Waals surface area contributed by atoms with Crippen LogP contribution in [0.3, 0.4) is 0 Å². The van der Waals surface area contributed by atoms with Crippen LogP contribution in [0, 0.1) is 0 Å². The molecule has 7 heteroatoms. The normalized spacial score (nSPS) is 15.0. The minimum absolute atomic E-state index is 0.171. The molecule has 0 spiro atoms. The average molecular weight is 345 g/mol. The molecule has 0 bridgehead atoms. The molecule has 1 amide bonds. The first-order chi connectivity index (χ1) is 11.6. The monoisotopic (exact) mass is 345 g/mol. The molecule has 0 N–H and O–H groups in total. The smallest absolute Gasteiger partial charge is 0.233 e. The molecule has 0 aliphatic carbocycles. The number of thioether (sulfide) groups is 1. The fourth-order valence-electron chi connectivity index (χ4n) is 2.79. The van der Waals surface area contributed by atoms with Crippen LogP contribution in [0.4, 0.5) is 0 Å². The van der Waals surface area contributed by atoms with Crippen LogP contribution in [0.2, 0.25) is 0 Å². The van der Waals surface area contributed by atoms with Crippen LogP contribution in [-0.4, -0.2) is 49.9 Å². The molecule has 1 aromatic heterocycles. The molecule has 0 saturated carbocycles. The summed E-state index contributed by atoms with van der Waals surface area (Å²) in [5, 5.41) is 12.5. The lowest BCUT2D eigenvalue weighted by atomic mass is 10.0. The standard InChI is InChI=1S/C17H23N5OS/c1-13(2)14-6-8-15(9-7-14)22-17(18-19-20-22)24-12-16(23)21-10-4-3-5-11-21/h6-9,13H,3-5,10-12H2,1-2H3. The lowest BCUT2D eigenvalue weighted by molar-refractivity contribution is -0.129. The number of carbonyl (C=O) groups excluding carboxylic acids is 1. The number of amides is 1. The highest BCUT2D eigenvalue weighted by Gasteiger charge is 2.18. The summed E-state index contributed by atoms with van der Waals surface area (Å²) < 4.78 is 1.69. The van der Waals surface area contributed by atoms with E-state index in [-0.39, 0.29) is 5.91 Å². The van der Waals surface area contributed by atoms with Gasteiger partial charge >= 0.3 is 0 Å². The number of piperidine rings is 1. The fraction of sp³-hybridized carbons (Fsp3) is 0.529. The molecule has 1 aliphatic rings. The van der Waals surface area contributed by atoms with Crippen molar-refractivity contribution < 1.29 is 4.79 Å². The second-order valence-electron chi connectivity index (χ2n) is 6.35. The lowest BCUT2D eigenvalue weighted by Gasteiger charge is -2.26. The Bertz CT molecular complexity index is 677. The number of carbonyl (C=O) groups is 1. The van der Waals surface area contributed by atoms with E-state index in [1.807, 2.05) is 17.0 Å². The Morgan fingerprint density at radius 2 is 1.88 bits per heavy atom. The van der Waals surface area contributed by atoms with Gasteiger partial charge in [-0.1, -0.05) is 37.7 Å². The van der Waals surface area contributed by atoms with Crippen molar-refractivity contribution in [2.24, 2.45) is 0 Å². The average Bonchev–Trinajstić information content (AvgIpc) is 3.09. The van der Waals surface area contributed by atoms with E-state index in [4.69, 9.17) is 0 Å². The van der Waals surface area contributed by atoms with Crippen LogP contribution in [0.5, 0.6) is 0 Å². The van der Waals surface area contributed by atoms with Crippen LogP contribution in [0.15, 0.2) is 29.4 Å². The molecule has 1 saturated heterocycles. The Morgan fingerprint density at radius 1 is 1.17 bits per heavy atom. The Kier molecular flexibility index (Phi) is 5.50. The van der Waals surface area contributed by atoms with Crippen molar-refractivity contribution in [1.82, 2.24) is 25.1 Å². The predicted molar refractivity (Wildman–Crippen MR) is 94.4 cm³/mol. The Morgan fingerprint density at radius 3 is 2.54 bits per heavy atom. The minimum atomic E-state index is 0.171. The van der Waals surface area contributed by atoms with Crippen molar-refractivity contribution in [2.45, 2.75) is 44.2 Å². The molecule has 3 rings (SSSR count). The second kappa shape index (κ2) is 7.79. The zero-order chi connectivity index (χ0) is 16.9. The summed E-state index contributed by atoms with van der Waals surface area (Å²) in [5.41, 5.74) is 2.19. The summed E-state index contributed by atoms with van der Waals surface area (Å²) >= 11 is 1.40. The number of nitrogens with zero attached hydrogens (tertiary/aromatic N) is 5. The van der Waals surface area contributed by atoms with Crippen molar-refractivity contribution in [2.75, 3.05) is 18.8 Å². The van der Waals surface area contributed by atoms with Gasteiger partial charge in [-0.3, -0.25) is 4.79 Å². The van der Waals surface area contributed by atoms with Gasteiger partial charge in [0, 0.05) is 13.1 Å². The highest BCUT2D eigenvalue weighted by molar-refractivity contribution is 7.99. The van der Waals surface area contributed by atoms with E-state index in [0.29, 0.717) is 16.8 Å². The molecule has 0 atom stereocenters. The van der Waals surface area contributed by atoms with Crippen molar-refractivity contribution >= 4 is 17.7 Å². The van der Waals surface area contributed by atoms with Gasteiger partial charge in [-0.05, 0) is 53.3 Å². The van der Waals surface area contributed by atoms with E-state index >= 15 is 0 Å². The number of hydrogen-bond acceptors (Lipinski definition) is 5. The summed E-state index contributed by atoms with van der Waals surface area (Å²) in [6.45, 7) is 6.08. The van der Waals surface area contributed by atoms with Crippen LogP contribution < -0.4 is 0 Å². The van der Waals surface area contributed by atoms with Gasteiger partial charge in [0.15, 0.2) is 0 Å². The number of rotatable bonds is 5. The lowest BCUT2D eigenvalue weighted by Crippen LogP contribution is -2.36. The third kappa shape index (κ3) is 3.95. The van der Waals surface area contributed by atoms with E-state index in [1.165, 1.54) is 23.7 Å². The first-order valence-electron chi connectivity index (χ1n) is 8.44. The van der Waals surface area contributed by atoms with E-state index < -0.39 is 0 Å². The zero-order valence-electron chi connectivity index (χ0n) is 14.2. The second-order valence-corrected chi connectivity index (χ2v) is 7.29. The zero-order valence-corrected chi connectivity index (χ0v) is 15.0. The van der Waals surface area contributed by atoms with Gasteiger partial charge in [0.2, 0.25) is 11.1 Å². The number of hydrogen-bond donors (Lipinski definition) is 0. The summed E-state index contributed by atoms with van der Waals surface area (Å²) in [5.74, 6) is 1.04. The maximum Gasteiger partial charge on any atom is 0.233 e. The third-order valence-corrected chi connectivity index (χ3v) is 5.18. The molecule has 128 valence electrons. The van der Waals surface area contributed by atoms with Crippen molar-refractivity contribution in [3.05, 3.63) is 29.8 Å². The third-order valence-electron chi connectivity index (χ3n) is 4.28. The highest BCUT2D eigenvalue weighted by atomic mass is 32.2. The maximum atomic E-state index is 12.3. The van der Waals surface area contributed by atoms with Gasteiger partial charge in [-0.25, -0.2) is 0 Å². The molecule has 0 unspecified atom stereocenters. The van der Waals surface area contributed by atoms with Crippen LogP contribution in [0.1, 0.15) is 44.6 Å². The number of aromatic nitrogens is 4. The topological polar surface area (TPSA) is 63.9 Å². The highest BCUT2D eigenvalue weighted by Crippen LogP contribution is 2.21. The fourth-order valence-corrected chi connectivity index (χ4v) is 3.59. The predicted octanol–water partition coefficient (Wildman–Crippen LogP) is 2.89. The number of likely N-dealkylation sites (tertiary alicyclic amines) is 1. The summed E-state index contributed by atoms with van der Waals surface area (Å²) in [7, 11) is 0. The van der Waals surface area contributed by atoms with Gasteiger partial charge in [0.05, 0.1) is 11.4 Å². The largest absolute Gasteiger partial charge is 0.342 e. The maximum absolute atomic E-state index is 12.3. The first kappa shape index (κ1) is 17.0. The quantitative estimate of drug-likeness (QED) is 0.780. The van der Waals surface area contributed by atoms with Crippen molar-refractivity contribution in [1.29, 1.82) is 0 Å². The van der Waals surface area contributed by atoms with Gasteiger partial charge in [-0.2, -0.15) is 4.68 Å². The summed E-state index contributed by atoms with van der Waals surface area (Å²) in [4.78, 5) is 14.2. The van der Waals surface area contributed by atoms with Gasteiger partial charge < -0.3 is 4.90 Å². The van der Waals surface area contributed by atoms with E-state index in [2.05, 4.69) is 41.5 Å². The van der Waals surface area contributed by atoms with E-state index in [1.54, 1.807) is 4.68 Å². The molecular weight excluding hydrogens is 322 g/mol. The molecule has 6 nitrogen and oxygen atoms in total. The Hall–Kier alpha value is -1.89. The van der Waals surface area contributed by atoms with E-state index in [0.717, 1.165) is 31.6 Å². The molecule has 1 aliphatic heterocycles. The Labute approximate surface area is 146 Å². The number of benzene rings is 1.